The van der Waals surface area contributed by atoms with Gasteiger partial charge in [0.25, 0.3) is 0 Å². The molecule has 0 saturated carbocycles. The quantitative estimate of drug-likeness (QED) is 0.640. The van der Waals surface area contributed by atoms with Crippen LogP contribution in [0.4, 0.5) is 0 Å². The lowest BCUT2D eigenvalue weighted by atomic mass is 10.2. The summed E-state index contributed by atoms with van der Waals surface area (Å²) < 4.78 is 4.50. The first-order valence-corrected chi connectivity index (χ1v) is 5.55. The van der Waals surface area contributed by atoms with Gasteiger partial charge < -0.3 is 14.5 Å². The minimum Gasteiger partial charge on any atom is -0.469 e. The lowest BCUT2D eigenvalue weighted by molar-refractivity contribution is -0.143. The molecule has 92 valence electrons. The molecule has 1 heterocycles. The van der Waals surface area contributed by atoms with Gasteiger partial charge in [0.15, 0.2) is 0 Å². The number of hydrogen-bond acceptors (Lipinski definition) is 4. The molecule has 0 aromatic heterocycles. The molecule has 1 amide bonds. The Kier molecular flexibility index (Phi) is 4.73. The second-order valence-corrected chi connectivity index (χ2v) is 4.29. The van der Waals surface area contributed by atoms with Gasteiger partial charge >= 0.3 is 5.97 Å². The molecule has 0 spiro atoms. The Morgan fingerprint density at radius 1 is 1.44 bits per heavy atom. The van der Waals surface area contributed by atoms with Crippen LogP contribution in [0, 0.1) is 0 Å². The SMILES string of the molecule is COC(=O)CCC(=O)N(C)C1CCN(C)C1. The number of carbonyl (C=O) groups is 2. The number of ether oxygens (including phenoxy) is 1. The first kappa shape index (κ1) is 13.0. The van der Waals surface area contributed by atoms with Crippen LogP contribution >= 0.6 is 0 Å². The van der Waals surface area contributed by atoms with Gasteiger partial charge in [0.2, 0.25) is 5.91 Å². The zero-order valence-corrected chi connectivity index (χ0v) is 10.2. The molecule has 5 nitrogen and oxygen atoms in total. The van der Waals surface area contributed by atoms with Gasteiger partial charge in [-0.25, -0.2) is 0 Å². The Bertz CT molecular complexity index is 268. The Morgan fingerprint density at radius 3 is 2.62 bits per heavy atom. The van der Waals surface area contributed by atoms with Crippen LogP contribution in [0.5, 0.6) is 0 Å². The van der Waals surface area contributed by atoms with E-state index < -0.39 is 0 Å². The predicted octanol–water partition coefficient (Wildman–Crippen LogP) is 0.102. The van der Waals surface area contributed by atoms with Crippen molar-refractivity contribution in [3.63, 3.8) is 0 Å². The molecule has 1 saturated heterocycles. The lowest BCUT2D eigenvalue weighted by Crippen LogP contribution is -2.38. The maximum atomic E-state index is 11.8. The number of nitrogens with zero attached hydrogens (tertiary/aromatic N) is 2. The van der Waals surface area contributed by atoms with Crippen molar-refractivity contribution in [3.05, 3.63) is 0 Å². The molecule has 1 atom stereocenters. The first-order valence-electron chi connectivity index (χ1n) is 5.55. The van der Waals surface area contributed by atoms with E-state index in [9.17, 15) is 9.59 Å². The van der Waals surface area contributed by atoms with E-state index in [1.807, 2.05) is 14.1 Å². The summed E-state index contributed by atoms with van der Waals surface area (Å²) in [4.78, 5) is 26.6. The van der Waals surface area contributed by atoms with Crippen molar-refractivity contribution < 1.29 is 14.3 Å². The van der Waals surface area contributed by atoms with Crippen molar-refractivity contribution in [1.82, 2.24) is 9.80 Å². The molecule has 0 radical (unpaired) electrons. The highest BCUT2D eigenvalue weighted by atomic mass is 16.5. The van der Waals surface area contributed by atoms with E-state index in [1.54, 1.807) is 4.90 Å². The van der Waals surface area contributed by atoms with Crippen LogP contribution in [0.15, 0.2) is 0 Å². The molecular weight excluding hydrogens is 208 g/mol. The molecule has 0 bridgehead atoms. The lowest BCUT2D eigenvalue weighted by Gasteiger charge is -2.24. The zero-order chi connectivity index (χ0) is 12.1. The van der Waals surface area contributed by atoms with Crippen LogP contribution in [0.25, 0.3) is 0 Å². The van der Waals surface area contributed by atoms with Crippen molar-refractivity contribution >= 4 is 11.9 Å². The van der Waals surface area contributed by atoms with Gasteiger partial charge in [0, 0.05) is 26.1 Å². The van der Waals surface area contributed by atoms with Gasteiger partial charge in [-0.1, -0.05) is 0 Å². The normalized spacial score (nSPS) is 20.8. The topological polar surface area (TPSA) is 49.9 Å². The van der Waals surface area contributed by atoms with Crippen molar-refractivity contribution in [2.24, 2.45) is 0 Å². The van der Waals surface area contributed by atoms with Crippen LogP contribution in [0.1, 0.15) is 19.3 Å². The molecule has 16 heavy (non-hydrogen) atoms. The molecule has 1 unspecified atom stereocenters. The standard InChI is InChI=1S/C11H20N2O3/c1-12-7-6-9(8-12)13(2)10(14)4-5-11(15)16-3/h9H,4-8H2,1-3H3. The van der Waals surface area contributed by atoms with Crippen LogP contribution < -0.4 is 0 Å². The van der Waals surface area contributed by atoms with Gasteiger partial charge in [-0.15, -0.1) is 0 Å². The van der Waals surface area contributed by atoms with Crippen LogP contribution in [0.3, 0.4) is 0 Å². The Labute approximate surface area is 96.3 Å². The second kappa shape index (κ2) is 5.84. The van der Waals surface area contributed by atoms with Gasteiger partial charge in [-0.2, -0.15) is 0 Å². The average Bonchev–Trinajstić information content (AvgIpc) is 2.71. The maximum Gasteiger partial charge on any atom is 0.306 e. The fraction of sp³-hybridized carbons (Fsp3) is 0.818. The number of methoxy groups -OCH3 is 1. The largest absolute Gasteiger partial charge is 0.469 e. The third-order valence-corrected chi connectivity index (χ3v) is 3.08. The Balaban J connectivity index is 2.33. The number of rotatable bonds is 4. The maximum absolute atomic E-state index is 11.8. The van der Waals surface area contributed by atoms with E-state index in [0.717, 1.165) is 19.5 Å². The molecule has 1 aliphatic rings. The summed E-state index contributed by atoms with van der Waals surface area (Å²) in [5.41, 5.74) is 0. The molecular formula is C11H20N2O3. The number of likely N-dealkylation sites (N-methyl/N-ethyl adjacent to an activating group) is 2. The summed E-state index contributed by atoms with van der Waals surface area (Å²) in [6, 6.07) is 0.287. The molecule has 0 aromatic carbocycles. The van der Waals surface area contributed by atoms with Gasteiger partial charge in [-0.3, -0.25) is 9.59 Å². The molecule has 5 heteroatoms. The molecule has 0 N–H and O–H groups in total. The van der Waals surface area contributed by atoms with E-state index in [2.05, 4.69) is 9.64 Å². The number of esters is 1. The van der Waals surface area contributed by atoms with Crippen LogP contribution in [-0.4, -0.2) is 62.0 Å². The molecule has 1 rings (SSSR count). The number of amides is 1. The zero-order valence-electron chi connectivity index (χ0n) is 10.2. The number of carbonyl (C=O) groups excluding carboxylic acids is 2. The van der Waals surface area contributed by atoms with Crippen LogP contribution in [0.2, 0.25) is 0 Å². The van der Waals surface area contributed by atoms with Crippen molar-refractivity contribution in [1.29, 1.82) is 0 Å². The van der Waals surface area contributed by atoms with Crippen molar-refractivity contribution in [2.45, 2.75) is 25.3 Å². The summed E-state index contributed by atoms with van der Waals surface area (Å²) in [7, 11) is 5.19. The fourth-order valence-electron chi connectivity index (χ4n) is 1.92. The van der Waals surface area contributed by atoms with Crippen molar-refractivity contribution in [2.75, 3.05) is 34.3 Å². The molecule has 1 fully saturated rings. The van der Waals surface area contributed by atoms with Crippen LogP contribution in [-0.2, 0) is 14.3 Å². The molecule has 0 aromatic rings. The summed E-state index contributed by atoms with van der Waals surface area (Å²) in [5, 5.41) is 0. The summed E-state index contributed by atoms with van der Waals surface area (Å²) in [6.45, 7) is 1.94. The average molecular weight is 228 g/mol. The highest BCUT2D eigenvalue weighted by molar-refractivity contribution is 5.81. The Hall–Kier alpha value is -1.10. The highest BCUT2D eigenvalue weighted by Crippen LogP contribution is 2.13. The monoisotopic (exact) mass is 228 g/mol. The number of hydrogen-bond donors (Lipinski definition) is 0. The Morgan fingerprint density at radius 2 is 2.12 bits per heavy atom. The van der Waals surface area contributed by atoms with E-state index in [4.69, 9.17) is 0 Å². The molecule has 1 aliphatic heterocycles. The third kappa shape index (κ3) is 3.48. The third-order valence-electron chi connectivity index (χ3n) is 3.08. The summed E-state index contributed by atoms with van der Waals surface area (Å²) in [6.07, 6.45) is 1.42. The van der Waals surface area contributed by atoms with Gasteiger partial charge in [0.1, 0.15) is 0 Å². The van der Waals surface area contributed by atoms with E-state index >= 15 is 0 Å². The van der Waals surface area contributed by atoms with Crippen molar-refractivity contribution in [3.8, 4) is 0 Å². The predicted molar refractivity (Wildman–Crippen MR) is 59.9 cm³/mol. The molecule has 0 aliphatic carbocycles. The van der Waals surface area contributed by atoms with Gasteiger partial charge in [0.05, 0.1) is 13.5 Å². The minimum absolute atomic E-state index is 0.0192. The van der Waals surface area contributed by atoms with E-state index in [1.165, 1.54) is 7.11 Å². The summed E-state index contributed by atoms with van der Waals surface area (Å²) in [5.74, 6) is -0.309. The second-order valence-electron chi connectivity index (χ2n) is 4.29. The summed E-state index contributed by atoms with van der Waals surface area (Å²) >= 11 is 0. The first-order chi connectivity index (χ1) is 7.54. The van der Waals surface area contributed by atoms with Gasteiger partial charge in [-0.05, 0) is 20.0 Å². The smallest absolute Gasteiger partial charge is 0.306 e. The number of likely N-dealkylation sites (tertiary alicyclic amines) is 1. The van der Waals surface area contributed by atoms with E-state index in [-0.39, 0.29) is 30.8 Å². The minimum atomic E-state index is -0.328. The fourth-order valence-corrected chi connectivity index (χ4v) is 1.92. The highest BCUT2D eigenvalue weighted by Gasteiger charge is 2.26. The van der Waals surface area contributed by atoms with E-state index in [0.29, 0.717) is 0 Å².